The molecule has 0 spiro atoms. The van der Waals surface area contributed by atoms with Crippen LogP contribution < -0.4 is 5.32 Å². The number of ether oxygens (including phenoxy) is 1. The number of carbonyl (C=O) groups excluding carboxylic acids is 1. The minimum Gasteiger partial charge on any atom is -0.369 e. The molecule has 0 bridgehead atoms. The number of hydrogen-bond donors (Lipinski definition) is 1. The highest BCUT2D eigenvalue weighted by Crippen LogP contribution is 2.46. The molecule has 2 atom stereocenters. The van der Waals surface area contributed by atoms with Crippen LogP contribution in [-0.2, 0) is 9.53 Å². The highest BCUT2D eigenvalue weighted by atomic mass is 16.5. The molecular weight excluding hydrogens is 294 g/mol. The molecule has 0 radical (unpaired) electrons. The Bertz CT molecular complexity index is 563. The molecule has 6 nitrogen and oxygen atoms in total. The molecule has 2 heterocycles. The largest absolute Gasteiger partial charge is 0.369 e. The van der Waals surface area contributed by atoms with Crippen molar-refractivity contribution in [3.05, 3.63) is 11.7 Å². The van der Waals surface area contributed by atoms with E-state index in [9.17, 15) is 4.79 Å². The lowest BCUT2D eigenvalue weighted by molar-refractivity contribution is -0.120. The van der Waals surface area contributed by atoms with Crippen LogP contribution in [0.4, 0.5) is 0 Å². The van der Waals surface area contributed by atoms with Crippen molar-refractivity contribution in [2.75, 3.05) is 0 Å². The van der Waals surface area contributed by atoms with Gasteiger partial charge in [-0.2, -0.15) is 4.98 Å². The van der Waals surface area contributed by atoms with E-state index in [0.717, 1.165) is 12.8 Å². The first kappa shape index (κ1) is 17.9. The molecular formula is C17H29N3O3. The lowest BCUT2D eigenvalue weighted by Crippen LogP contribution is -2.29. The zero-order valence-electron chi connectivity index (χ0n) is 15.3. The van der Waals surface area contributed by atoms with Crippen molar-refractivity contribution >= 4 is 5.91 Å². The lowest BCUT2D eigenvalue weighted by Gasteiger charge is -2.25. The predicted octanol–water partition coefficient (Wildman–Crippen LogP) is 3.35. The normalized spacial score (nSPS) is 23.9. The van der Waals surface area contributed by atoms with Crippen LogP contribution in [0.15, 0.2) is 4.52 Å². The van der Waals surface area contributed by atoms with Gasteiger partial charge in [-0.3, -0.25) is 4.79 Å². The summed E-state index contributed by atoms with van der Waals surface area (Å²) in [5.41, 5.74) is -0.546. The maximum atomic E-state index is 11.4. The van der Waals surface area contributed by atoms with E-state index in [1.54, 1.807) is 0 Å². The second-order valence-corrected chi connectivity index (χ2v) is 8.10. The molecule has 0 aromatic carbocycles. The van der Waals surface area contributed by atoms with E-state index in [1.165, 1.54) is 6.92 Å². The van der Waals surface area contributed by atoms with Crippen molar-refractivity contribution in [2.45, 2.75) is 84.5 Å². The van der Waals surface area contributed by atoms with Crippen molar-refractivity contribution in [2.24, 2.45) is 5.92 Å². The molecule has 1 aromatic heterocycles. The van der Waals surface area contributed by atoms with Crippen LogP contribution >= 0.6 is 0 Å². The number of amides is 1. The van der Waals surface area contributed by atoms with Crippen LogP contribution in [0.25, 0.3) is 0 Å². The molecule has 1 aliphatic rings. The van der Waals surface area contributed by atoms with Crippen molar-refractivity contribution in [1.82, 2.24) is 15.5 Å². The Balaban J connectivity index is 2.23. The minimum absolute atomic E-state index is 0.0760. The van der Waals surface area contributed by atoms with Crippen molar-refractivity contribution in [3.8, 4) is 0 Å². The molecule has 1 fully saturated rings. The van der Waals surface area contributed by atoms with Gasteiger partial charge in [-0.1, -0.05) is 19.0 Å². The van der Waals surface area contributed by atoms with E-state index >= 15 is 0 Å². The van der Waals surface area contributed by atoms with Gasteiger partial charge in [0, 0.05) is 6.92 Å². The summed E-state index contributed by atoms with van der Waals surface area (Å²) < 4.78 is 11.6. The summed E-state index contributed by atoms with van der Waals surface area (Å²) in [6, 6.07) is -0.243. The summed E-state index contributed by atoms with van der Waals surface area (Å²) in [7, 11) is 0. The third-order valence-electron chi connectivity index (χ3n) is 4.23. The van der Waals surface area contributed by atoms with E-state index < -0.39 is 0 Å². The first-order valence-corrected chi connectivity index (χ1v) is 8.31. The zero-order chi connectivity index (χ0) is 17.4. The molecule has 23 heavy (non-hydrogen) atoms. The average molecular weight is 323 g/mol. The number of aromatic nitrogens is 2. The van der Waals surface area contributed by atoms with Gasteiger partial charge in [-0.25, -0.2) is 0 Å². The molecule has 1 aromatic rings. The molecule has 0 aliphatic carbocycles. The molecule has 0 saturated carbocycles. The van der Waals surface area contributed by atoms with Gasteiger partial charge < -0.3 is 14.6 Å². The summed E-state index contributed by atoms with van der Waals surface area (Å²) in [6.07, 6.45) is 1.60. The fourth-order valence-electron chi connectivity index (χ4n) is 3.43. The van der Waals surface area contributed by atoms with Gasteiger partial charge in [0.05, 0.1) is 17.1 Å². The highest BCUT2D eigenvalue weighted by Gasteiger charge is 2.48. The van der Waals surface area contributed by atoms with Gasteiger partial charge in [0.1, 0.15) is 6.04 Å². The van der Waals surface area contributed by atoms with Crippen molar-refractivity contribution in [3.63, 3.8) is 0 Å². The monoisotopic (exact) mass is 323 g/mol. The van der Waals surface area contributed by atoms with Crippen LogP contribution in [0.2, 0.25) is 0 Å². The number of nitrogens with one attached hydrogen (secondary N) is 1. The Morgan fingerprint density at radius 2 is 2.00 bits per heavy atom. The Labute approximate surface area is 138 Å². The summed E-state index contributed by atoms with van der Waals surface area (Å²) in [5.74, 6) is 1.53. The van der Waals surface area contributed by atoms with Crippen molar-refractivity contribution < 1.29 is 14.1 Å². The molecule has 1 amide bonds. The van der Waals surface area contributed by atoms with E-state index in [4.69, 9.17) is 9.26 Å². The van der Waals surface area contributed by atoms with Crippen LogP contribution in [0.5, 0.6) is 0 Å². The van der Waals surface area contributed by atoms with E-state index in [0.29, 0.717) is 17.6 Å². The average Bonchev–Trinajstić information content (AvgIpc) is 2.88. The van der Waals surface area contributed by atoms with E-state index in [-0.39, 0.29) is 29.1 Å². The topological polar surface area (TPSA) is 77.2 Å². The standard InChI is InChI=1S/C17H29N3O3/c1-10(2)8-13(18-11(3)21)15-19-14(20-22-15)12-9-16(4,5)23-17(12,6)7/h10,12-13H,8-9H2,1-7H3,(H,18,21)/t12?,13-/m0/s1. The van der Waals surface area contributed by atoms with Gasteiger partial charge in [0.15, 0.2) is 5.82 Å². The molecule has 130 valence electrons. The second kappa shape index (κ2) is 6.23. The Morgan fingerprint density at radius 3 is 2.48 bits per heavy atom. The third kappa shape index (κ3) is 4.31. The SMILES string of the molecule is CC(=O)N[C@@H](CC(C)C)c1nc(C2CC(C)(C)OC2(C)C)no1. The van der Waals surface area contributed by atoms with E-state index in [1.807, 2.05) is 0 Å². The molecule has 1 aliphatic heterocycles. The molecule has 1 N–H and O–H groups in total. The summed E-state index contributed by atoms with van der Waals surface area (Å²) in [6.45, 7) is 14.0. The predicted molar refractivity (Wildman–Crippen MR) is 86.9 cm³/mol. The number of carbonyl (C=O) groups is 1. The summed E-state index contributed by atoms with van der Waals surface area (Å²) >= 11 is 0. The zero-order valence-corrected chi connectivity index (χ0v) is 15.3. The van der Waals surface area contributed by atoms with Gasteiger partial charge in [0.2, 0.25) is 11.8 Å². The van der Waals surface area contributed by atoms with Gasteiger partial charge in [0.25, 0.3) is 0 Å². The van der Waals surface area contributed by atoms with Gasteiger partial charge in [-0.05, 0) is 46.5 Å². The summed E-state index contributed by atoms with van der Waals surface area (Å²) in [4.78, 5) is 16.0. The van der Waals surface area contributed by atoms with Crippen LogP contribution in [0.1, 0.15) is 85.0 Å². The van der Waals surface area contributed by atoms with Gasteiger partial charge in [-0.15, -0.1) is 0 Å². The maximum Gasteiger partial charge on any atom is 0.249 e. The second-order valence-electron chi connectivity index (χ2n) is 8.10. The van der Waals surface area contributed by atoms with Crippen LogP contribution in [-0.4, -0.2) is 27.2 Å². The highest BCUT2D eigenvalue weighted by molar-refractivity contribution is 5.73. The van der Waals surface area contributed by atoms with Crippen LogP contribution in [0, 0.1) is 5.92 Å². The molecule has 1 saturated heterocycles. The maximum absolute atomic E-state index is 11.4. The van der Waals surface area contributed by atoms with Gasteiger partial charge >= 0.3 is 0 Å². The lowest BCUT2D eigenvalue weighted by atomic mass is 9.87. The first-order valence-electron chi connectivity index (χ1n) is 8.31. The first-order chi connectivity index (χ1) is 10.5. The number of hydrogen-bond acceptors (Lipinski definition) is 5. The van der Waals surface area contributed by atoms with Crippen LogP contribution in [0.3, 0.4) is 0 Å². The smallest absolute Gasteiger partial charge is 0.249 e. The molecule has 2 rings (SSSR count). The molecule has 6 heteroatoms. The fourth-order valence-corrected chi connectivity index (χ4v) is 3.43. The van der Waals surface area contributed by atoms with Crippen molar-refractivity contribution in [1.29, 1.82) is 0 Å². The fraction of sp³-hybridized carbons (Fsp3) is 0.824. The Hall–Kier alpha value is -1.43. The van der Waals surface area contributed by atoms with E-state index in [2.05, 4.69) is 57.0 Å². The summed E-state index contributed by atoms with van der Waals surface area (Å²) in [5, 5.41) is 7.08. The Morgan fingerprint density at radius 1 is 1.35 bits per heavy atom. The Kier molecular flexibility index (Phi) is 4.85. The number of rotatable bonds is 5. The third-order valence-corrected chi connectivity index (χ3v) is 4.23. The number of nitrogens with zero attached hydrogens (tertiary/aromatic N) is 2. The quantitative estimate of drug-likeness (QED) is 0.899. The minimum atomic E-state index is -0.341. The molecule has 1 unspecified atom stereocenters.